The summed E-state index contributed by atoms with van der Waals surface area (Å²) in [6.45, 7) is 1.25. The molecule has 4 aromatic rings. The molecule has 1 aromatic carbocycles. The Morgan fingerprint density at radius 3 is 2.88 bits per heavy atom. The minimum atomic E-state index is -2.61. The Labute approximate surface area is 147 Å². The van der Waals surface area contributed by atoms with E-state index < -0.39 is 13.0 Å². The molecule has 0 unspecified atom stereocenters. The molecule has 0 spiro atoms. The second-order valence-electron chi connectivity index (χ2n) is 5.86. The maximum absolute atomic E-state index is 12.6. The van der Waals surface area contributed by atoms with E-state index in [1.165, 1.54) is 4.52 Å². The Hall–Kier alpha value is -3.29. The van der Waals surface area contributed by atoms with E-state index in [9.17, 15) is 8.78 Å². The van der Waals surface area contributed by atoms with Crippen LogP contribution in [0.25, 0.3) is 27.5 Å². The minimum absolute atomic E-state index is 0.0232. The van der Waals surface area contributed by atoms with E-state index in [4.69, 9.17) is 10.5 Å². The summed E-state index contributed by atoms with van der Waals surface area (Å²) in [6, 6.07) is 9.62. The van der Waals surface area contributed by atoms with Crippen molar-refractivity contribution in [3.8, 4) is 17.0 Å². The van der Waals surface area contributed by atoms with Crippen molar-refractivity contribution in [2.24, 2.45) is 0 Å². The quantitative estimate of drug-likeness (QED) is 0.606. The van der Waals surface area contributed by atoms with Gasteiger partial charge in [0.05, 0.1) is 5.52 Å². The molecule has 3 heterocycles. The first-order valence-corrected chi connectivity index (χ1v) is 7.94. The molecular formula is C18H15F2N5O. The first-order chi connectivity index (χ1) is 12.5. The van der Waals surface area contributed by atoms with E-state index >= 15 is 0 Å². The number of anilines is 1. The van der Waals surface area contributed by atoms with Gasteiger partial charge in [-0.1, -0.05) is 12.1 Å². The third kappa shape index (κ3) is 2.79. The topological polar surface area (TPSA) is 78.3 Å². The summed E-state index contributed by atoms with van der Waals surface area (Å²) in [5.41, 5.74) is 9.70. The summed E-state index contributed by atoms with van der Waals surface area (Å²) in [6.07, 6.45) is 0.823. The Kier molecular flexibility index (Phi) is 3.87. The van der Waals surface area contributed by atoms with Gasteiger partial charge >= 0.3 is 0 Å². The van der Waals surface area contributed by atoms with Crippen molar-refractivity contribution < 1.29 is 13.5 Å². The first-order valence-electron chi connectivity index (χ1n) is 7.94. The highest BCUT2D eigenvalue weighted by molar-refractivity contribution is 5.91. The van der Waals surface area contributed by atoms with Crippen LogP contribution in [-0.4, -0.2) is 32.6 Å². The molecule has 0 fully saturated rings. The first kappa shape index (κ1) is 16.2. The van der Waals surface area contributed by atoms with Gasteiger partial charge in [-0.25, -0.2) is 13.3 Å². The number of nitrogen functional groups attached to an aromatic ring is 1. The van der Waals surface area contributed by atoms with Crippen molar-refractivity contribution in [3.05, 3.63) is 48.3 Å². The number of halogens is 2. The molecule has 0 aliphatic carbocycles. The summed E-state index contributed by atoms with van der Waals surface area (Å²) < 4.78 is 31.8. The van der Waals surface area contributed by atoms with Crippen LogP contribution in [0.2, 0.25) is 0 Å². The maximum Gasteiger partial charge on any atom is 0.272 e. The SMILES string of the molecule is Cc1ccnc2cc(-c3ccn4nc(N)nc(OCC(F)F)c34)ccc12. The fourth-order valence-corrected chi connectivity index (χ4v) is 2.94. The summed E-state index contributed by atoms with van der Waals surface area (Å²) in [5.74, 6) is -0.0326. The number of benzene rings is 1. The van der Waals surface area contributed by atoms with Crippen LogP contribution in [0, 0.1) is 6.92 Å². The van der Waals surface area contributed by atoms with Crippen LogP contribution in [0.1, 0.15) is 5.56 Å². The average molecular weight is 355 g/mol. The molecule has 0 saturated carbocycles. The lowest BCUT2D eigenvalue weighted by Gasteiger charge is -2.09. The molecular weight excluding hydrogens is 340 g/mol. The van der Waals surface area contributed by atoms with E-state index in [0.717, 1.165) is 27.6 Å². The van der Waals surface area contributed by atoms with Gasteiger partial charge in [0.25, 0.3) is 6.43 Å². The van der Waals surface area contributed by atoms with Crippen molar-refractivity contribution >= 4 is 22.4 Å². The smallest absolute Gasteiger partial charge is 0.272 e. The van der Waals surface area contributed by atoms with Gasteiger partial charge in [-0.05, 0) is 36.2 Å². The number of fused-ring (bicyclic) bond motifs is 2. The number of alkyl halides is 2. The third-order valence-corrected chi connectivity index (χ3v) is 4.11. The van der Waals surface area contributed by atoms with Gasteiger partial charge in [0, 0.05) is 23.3 Å². The number of hydrogen-bond acceptors (Lipinski definition) is 5. The van der Waals surface area contributed by atoms with E-state index in [0.29, 0.717) is 5.52 Å². The minimum Gasteiger partial charge on any atom is -0.470 e. The monoisotopic (exact) mass is 355 g/mol. The molecule has 0 aliphatic heterocycles. The van der Waals surface area contributed by atoms with Crippen LogP contribution in [0.15, 0.2) is 42.7 Å². The molecule has 26 heavy (non-hydrogen) atoms. The van der Waals surface area contributed by atoms with E-state index in [1.807, 2.05) is 37.3 Å². The van der Waals surface area contributed by atoms with Gasteiger partial charge < -0.3 is 10.5 Å². The molecule has 0 amide bonds. The van der Waals surface area contributed by atoms with Crippen molar-refractivity contribution in [3.63, 3.8) is 0 Å². The number of hydrogen-bond donors (Lipinski definition) is 1. The Morgan fingerprint density at radius 2 is 2.08 bits per heavy atom. The van der Waals surface area contributed by atoms with Crippen LogP contribution in [0.3, 0.4) is 0 Å². The molecule has 4 rings (SSSR count). The van der Waals surface area contributed by atoms with Crippen molar-refractivity contribution in [2.45, 2.75) is 13.3 Å². The van der Waals surface area contributed by atoms with Crippen LogP contribution in [-0.2, 0) is 0 Å². The Morgan fingerprint density at radius 1 is 1.23 bits per heavy atom. The van der Waals surface area contributed by atoms with Crippen molar-refractivity contribution in [1.82, 2.24) is 19.6 Å². The van der Waals surface area contributed by atoms with Gasteiger partial charge in [0.1, 0.15) is 5.52 Å². The van der Waals surface area contributed by atoms with Crippen LogP contribution >= 0.6 is 0 Å². The lowest BCUT2D eigenvalue weighted by atomic mass is 10.0. The summed E-state index contributed by atoms with van der Waals surface area (Å²) in [7, 11) is 0. The van der Waals surface area contributed by atoms with E-state index in [2.05, 4.69) is 15.1 Å². The predicted octanol–water partition coefficient (Wildman–Crippen LogP) is 3.48. The molecule has 0 radical (unpaired) electrons. The van der Waals surface area contributed by atoms with Gasteiger partial charge in [0.2, 0.25) is 11.8 Å². The molecule has 8 heteroatoms. The average Bonchev–Trinajstić information content (AvgIpc) is 3.03. The molecule has 6 nitrogen and oxygen atoms in total. The fourth-order valence-electron chi connectivity index (χ4n) is 2.94. The lowest BCUT2D eigenvalue weighted by molar-refractivity contribution is 0.0802. The molecule has 0 saturated heterocycles. The second kappa shape index (κ2) is 6.21. The standard InChI is InChI=1S/C18H15F2N5O/c1-10-4-6-22-14-8-11(2-3-12(10)14)13-5-7-25-16(13)17(23-18(21)24-25)26-9-15(19)20/h2-8,15H,9H2,1H3,(H2,21,24). The zero-order chi connectivity index (χ0) is 18.3. The van der Waals surface area contributed by atoms with Gasteiger partial charge in [-0.2, -0.15) is 4.98 Å². The van der Waals surface area contributed by atoms with Crippen LogP contribution in [0.4, 0.5) is 14.7 Å². The number of pyridine rings is 1. The molecule has 2 N–H and O–H groups in total. The van der Waals surface area contributed by atoms with Crippen LogP contribution in [0.5, 0.6) is 5.88 Å². The maximum atomic E-state index is 12.6. The number of aryl methyl sites for hydroxylation is 1. The molecule has 0 bridgehead atoms. The summed E-state index contributed by atoms with van der Waals surface area (Å²) >= 11 is 0. The second-order valence-corrected chi connectivity index (χ2v) is 5.86. The highest BCUT2D eigenvalue weighted by atomic mass is 19.3. The number of aromatic nitrogens is 4. The molecule has 0 atom stereocenters. The number of ether oxygens (including phenoxy) is 1. The van der Waals surface area contributed by atoms with E-state index in [-0.39, 0.29) is 11.8 Å². The van der Waals surface area contributed by atoms with Crippen LogP contribution < -0.4 is 10.5 Å². The largest absolute Gasteiger partial charge is 0.470 e. The predicted molar refractivity (Wildman–Crippen MR) is 94.4 cm³/mol. The number of nitrogens with zero attached hydrogens (tertiary/aromatic N) is 4. The molecule has 0 aliphatic rings. The van der Waals surface area contributed by atoms with Crippen molar-refractivity contribution in [2.75, 3.05) is 12.3 Å². The Balaban J connectivity index is 1.89. The zero-order valence-corrected chi connectivity index (χ0v) is 13.9. The number of rotatable bonds is 4. The van der Waals surface area contributed by atoms with Gasteiger partial charge in [0.15, 0.2) is 6.61 Å². The highest BCUT2D eigenvalue weighted by Crippen LogP contribution is 2.33. The van der Waals surface area contributed by atoms with Crippen molar-refractivity contribution in [1.29, 1.82) is 0 Å². The number of nitrogens with two attached hydrogens (primary N) is 1. The third-order valence-electron chi connectivity index (χ3n) is 4.11. The molecule has 132 valence electrons. The normalized spacial score (nSPS) is 11.5. The Bertz CT molecular complexity index is 1110. The van der Waals surface area contributed by atoms with E-state index in [1.54, 1.807) is 12.4 Å². The highest BCUT2D eigenvalue weighted by Gasteiger charge is 2.16. The summed E-state index contributed by atoms with van der Waals surface area (Å²) in [5, 5.41) is 5.14. The summed E-state index contributed by atoms with van der Waals surface area (Å²) in [4.78, 5) is 8.38. The zero-order valence-electron chi connectivity index (χ0n) is 13.9. The fraction of sp³-hybridized carbons (Fsp3) is 0.167. The molecule has 3 aromatic heterocycles. The lowest BCUT2D eigenvalue weighted by Crippen LogP contribution is -2.11. The van der Waals surface area contributed by atoms with Gasteiger partial charge in [-0.3, -0.25) is 4.98 Å². The van der Waals surface area contributed by atoms with Gasteiger partial charge in [-0.15, -0.1) is 5.10 Å².